The first-order valence-corrected chi connectivity index (χ1v) is 6.56. The fourth-order valence-electron chi connectivity index (χ4n) is 2.11. The molecular weight excluding hydrogens is 264 g/mol. The minimum atomic E-state index is -0.179. The topological polar surface area (TPSA) is 62.1 Å². The molecule has 1 amide bonds. The first-order chi connectivity index (χ1) is 10.1. The number of carbonyl (C=O) groups is 1. The molecule has 0 saturated heterocycles. The normalized spacial score (nSPS) is 9.76. The summed E-state index contributed by atoms with van der Waals surface area (Å²) in [7, 11) is 1.51. The predicted molar refractivity (Wildman–Crippen MR) is 81.2 cm³/mol. The second-order valence-corrected chi connectivity index (χ2v) is 4.71. The van der Waals surface area contributed by atoms with Crippen molar-refractivity contribution in [2.24, 2.45) is 0 Å². The minimum Gasteiger partial charge on any atom is -0.495 e. The second kappa shape index (κ2) is 6.58. The van der Waals surface area contributed by atoms with Gasteiger partial charge in [-0.2, -0.15) is 5.26 Å². The lowest BCUT2D eigenvalue weighted by Gasteiger charge is -2.11. The van der Waals surface area contributed by atoms with Gasteiger partial charge in [0.2, 0.25) is 5.91 Å². The maximum Gasteiger partial charge on any atom is 0.228 e. The highest BCUT2D eigenvalue weighted by Gasteiger charge is 2.12. The van der Waals surface area contributed by atoms with Crippen molar-refractivity contribution in [1.82, 2.24) is 0 Å². The summed E-state index contributed by atoms with van der Waals surface area (Å²) in [6, 6.07) is 14.9. The molecule has 0 spiro atoms. The fraction of sp³-hybridized carbons (Fsp3) is 0.176. The number of benzene rings is 2. The van der Waals surface area contributed by atoms with E-state index >= 15 is 0 Å². The molecule has 4 heteroatoms. The van der Waals surface area contributed by atoms with E-state index in [1.165, 1.54) is 7.11 Å². The van der Waals surface area contributed by atoms with Gasteiger partial charge in [-0.3, -0.25) is 4.79 Å². The average Bonchev–Trinajstić information content (AvgIpc) is 2.47. The number of para-hydroxylation sites is 1. The van der Waals surface area contributed by atoms with Crippen molar-refractivity contribution in [3.05, 3.63) is 59.2 Å². The highest BCUT2D eigenvalue weighted by atomic mass is 16.5. The van der Waals surface area contributed by atoms with E-state index in [0.29, 0.717) is 17.0 Å². The number of nitrogens with one attached hydrogen (secondary N) is 1. The van der Waals surface area contributed by atoms with Crippen molar-refractivity contribution in [2.45, 2.75) is 13.3 Å². The molecule has 0 unspecified atom stereocenters. The molecule has 2 rings (SSSR count). The number of ether oxygens (including phenoxy) is 1. The number of carbonyl (C=O) groups excluding carboxylic acids is 1. The molecule has 1 N–H and O–H groups in total. The number of hydrogen-bond acceptors (Lipinski definition) is 3. The molecule has 0 heterocycles. The van der Waals surface area contributed by atoms with Crippen LogP contribution in [0.15, 0.2) is 42.5 Å². The zero-order valence-corrected chi connectivity index (χ0v) is 12.0. The summed E-state index contributed by atoms with van der Waals surface area (Å²) in [5.74, 6) is 0.299. The maximum absolute atomic E-state index is 12.2. The van der Waals surface area contributed by atoms with Gasteiger partial charge in [0.05, 0.1) is 19.1 Å². The minimum absolute atomic E-state index is 0.179. The fourth-order valence-corrected chi connectivity index (χ4v) is 2.11. The van der Waals surface area contributed by atoms with E-state index < -0.39 is 0 Å². The van der Waals surface area contributed by atoms with Gasteiger partial charge in [0.1, 0.15) is 17.5 Å². The number of hydrogen-bond donors (Lipinski definition) is 1. The Labute approximate surface area is 124 Å². The molecule has 0 atom stereocenters. The van der Waals surface area contributed by atoms with Crippen molar-refractivity contribution >= 4 is 11.6 Å². The third-order valence-electron chi connectivity index (χ3n) is 3.08. The van der Waals surface area contributed by atoms with Gasteiger partial charge in [-0.1, -0.05) is 35.9 Å². The molecular formula is C17H16N2O2. The number of anilines is 1. The number of nitriles is 1. The van der Waals surface area contributed by atoms with Crippen LogP contribution in [0, 0.1) is 18.3 Å². The Hall–Kier alpha value is -2.80. The molecule has 106 valence electrons. The molecule has 0 saturated carbocycles. The van der Waals surface area contributed by atoms with Crippen LogP contribution in [0.2, 0.25) is 0 Å². The first kappa shape index (κ1) is 14.6. The van der Waals surface area contributed by atoms with Crippen LogP contribution in [0.5, 0.6) is 5.75 Å². The van der Waals surface area contributed by atoms with Crippen LogP contribution < -0.4 is 10.1 Å². The van der Waals surface area contributed by atoms with E-state index in [9.17, 15) is 4.79 Å². The summed E-state index contributed by atoms with van der Waals surface area (Å²) in [5.41, 5.74) is 2.84. The highest BCUT2D eigenvalue weighted by molar-refractivity contribution is 5.95. The summed E-state index contributed by atoms with van der Waals surface area (Å²) in [6.45, 7) is 1.98. The number of aryl methyl sites for hydroxylation is 1. The van der Waals surface area contributed by atoms with Gasteiger partial charge >= 0.3 is 0 Å². The Bertz CT molecular complexity index is 702. The Morgan fingerprint density at radius 3 is 2.71 bits per heavy atom. The van der Waals surface area contributed by atoms with Crippen molar-refractivity contribution in [3.8, 4) is 11.8 Å². The zero-order chi connectivity index (χ0) is 15.2. The largest absolute Gasteiger partial charge is 0.495 e. The monoisotopic (exact) mass is 280 g/mol. The molecule has 0 aromatic heterocycles. The molecule has 2 aromatic carbocycles. The third kappa shape index (κ3) is 3.61. The van der Waals surface area contributed by atoms with Crippen LogP contribution in [-0.2, 0) is 11.2 Å². The van der Waals surface area contributed by atoms with E-state index in [1.54, 1.807) is 18.2 Å². The number of amides is 1. The van der Waals surface area contributed by atoms with Gasteiger partial charge < -0.3 is 10.1 Å². The maximum atomic E-state index is 12.2. The summed E-state index contributed by atoms with van der Waals surface area (Å²) in [4.78, 5) is 12.2. The first-order valence-electron chi connectivity index (χ1n) is 6.56. The van der Waals surface area contributed by atoms with Crippen molar-refractivity contribution in [3.63, 3.8) is 0 Å². The van der Waals surface area contributed by atoms with E-state index in [4.69, 9.17) is 10.00 Å². The molecule has 0 aliphatic rings. The van der Waals surface area contributed by atoms with Gasteiger partial charge in [-0.25, -0.2) is 0 Å². The molecule has 4 nitrogen and oxygen atoms in total. The van der Waals surface area contributed by atoms with E-state index in [0.717, 1.165) is 11.1 Å². The number of nitrogens with zero attached hydrogens (tertiary/aromatic N) is 1. The van der Waals surface area contributed by atoms with E-state index in [-0.39, 0.29) is 12.3 Å². The lowest BCUT2D eigenvalue weighted by Crippen LogP contribution is -2.16. The molecule has 21 heavy (non-hydrogen) atoms. The van der Waals surface area contributed by atoms with Gasteiger partial charge in [0.25, 0.3) is 0 Å². The quantitative estimate of drug-likeness (QED) is 0.936. The van der Waals surface area contributed by atoms with Crippen LogP contribution in [0.25, 0.3) is 0 Å². The summed E-state index contributed by atoms with van der Waals surface area (Å²) in [6.07, 6.45) is 0.255. The van der Waals surface area contributed by atoms with Crippen LogP contribution in [0.1, 0.15) is 16.7 Å². The van der Waals surface area contributed by atoms with Crippen LogP contribution in [0.3, 0.4) is 0 Å². The summed E-state index contributed by atoms with van der Waals surface area (Å²) in [5, 5.41) is 11.9. The lowest BCUT2D eigenvalue weighted by atomic mass is 10.1. The Balaban J connectivity index is 2.18. The van der Waals surface area contributed by atoms with Gasteiger partial charge in [-0.15, -0.1) is 0 Å². The van der Waals surface area contributed by atoms with Crippen LogP contribution in [-0.4, -0.2) is 13.0 Å². The smallest absolute Gasteiger partial charge is 0.228 e. The predicted octanol–water partition coefficient (Wildman–Crippen LogP) is 3.06. The second-order valence-electron chi connectivity index (χ2n) is 4.71. The summed E-state index contributed by atoms with van der Waals surface area (Å²) < 4.78 is 5.19. The van der Waals surface area contributed by atoms with Crippen molar-refractivity contribution in [1.29, 1.82) is 5.26 Å². The van der Waals surface area contributed by atoms with Crippen LogP contribution >= 0.6 is 0 Å². The molecule has 0 fully saturated rings. The zero-order valence-electron chi connectivity index (χ0n) is 12.0. The SMILES string of the molecule is COc1cccc(C#N)c1NC(=O)Cc1cccc(C)c1. The average molecular weight is 280 g/mol. The number of rotatable bonds is 4. The number of methoxy groups -OCH3 is 1. The molecule has 0 bridgehead atoms. The Morgan fingerprint density at radius 1 is 1.29 bits per heavy atom. The van der Waals surface area contributed by atoms with E-state index in [1.807, 2.05) is 31.2 Å². The Kier molecular flexibility index (Phi) is 4.57. The van der Waals surface area contributed by atoms with Gasteiger partial charge in [0.15, 0.2) is 0 Å². The summed E-state index contributed by atoms with van der Waals surface area (Å²) >= 11 is 0. The molecule has 0 aliphatic carbocycles. The molecule has 2 aromatic rings. The highest BCUT2D eigenvalue weighted by Crippen LogP contribution is 2.27. The molecule has 0 radical (unpaired) electrons. The van der Waals surface area contributed by atoms with Crippen molar-refractivity contribution < 1.29 is 9.53 Å². The Morgan fingerprint density at radius 2 is 2.05 bits per heavy atom. The third-order valence-corrected chi connectivity index (χ3v) is 3.08. The standard InChI is InChI=1S/C17H16N2O2/c1-12-5-3-6-13(9-12)10-16(20)19-17-14(11-18)7-4-8-15(17)21-2/h3-9H,10H2,1-2H3,(H,19,20). The van der Waals surface area contributed by atoms with Crippen LogP contribution in [0.4, 0.5) is 5.69 Å². The van der Waals surface area contributed by atoms with Crippen molar-refractivity contribution in [2.75, 3.05) is 12.4 Å². The van der Waals surface area contributed by atoms with E-state index in [2.05, 4.69) is 11.4 Å². The lowest BCUT2D eigenvalue weighted by molar-refractivity contribution is -0.115. The van der Waals surface area contributed by atoms with Gasteiger partial charge in [0, 0.05) is 0 Å². The molecule has 0 aliphatic heterocycles. The van der Waals surface area contributed by atoms with Gasteiger partial charge in [-0.05, 0) is 24.6 Å².